The van der Waals surface area contributed by atoms with Gasteiger partial charge in [-0.3, -0.25) is 0 Å². The normalized spacial score (nSPS) is 11.5. The Morgan fingerprint density at radius 3 is 1.60 bits per heavy atom. The number of tetrazole rings is 1. The van der Waals surface area contributed by atoms with Crippen molar-refractivity contribution in [3.05, 3.63) is 124 Å². The fourth-order valence-corrected chi connectivity index (χ4v) is 4.10. The number of rotatable bonds is 5. The van der Waals surface area contributed by atoms with Gasteiger partial charge < -0.3 is 9.97 Å². The monoisotopic (exact) mass is 394 g/mol. The number of benzene rings is 3. The molecule has 0 bridgehead atoms. The first-order valence-electron chi connectivity index (χ1n) is 9.53. The molecule has 0 spiro atoms. The Kier molecular flexibility index (Phi) is 4.33. The van der Waals surface area contributed by atoms with Gasteiger partial charge in [0.1, 0.15) is 5.69 Å². The van der Waals surface area contributed by atoms with Crippen LogP contribution in [0.3, 0.4) is 0 Å². The molecule has 0 aliphatic heterocycles. The third kappa shape index (κ3) is 2.76. The van der Waals surface area contributed by atoms with Crippen LogP contribution < -0.4 is 5.69 Å². The SMILES string of the molecule is O=c1[nH]c(-c2nn[nH]n2)c(C(c2ccccc2)(c2ccccc2)c2ccccc2)[nH]1. The fourth-order valence-electron chi connectivity index (χ4n) is 4.10. The molecular weight excluding hydrogens is 376 g/mol. The highest BCUT2D eigenvalue weighted by molar-refractivity contribution is 5.66. The maximum absolute atomic E-state index is 12.5. The molecule has 7 heteroatoms. The molecular formula is C23H18N6O. The van der Waals surface area contributed by atoms with E-state index in [9.17, 15) is 4.79 Å². The van der Waals surface area contributed by atoms with Crippen LogP contribution in [0, 0.1) is 0 Å². The van der Waals surface area contributed by atoms with Gasteiger partial charge in [-0.2, -0.15) is 5.21 Å². The highest BCUT2D eigenvalue weighted by Gasteiger charge is 2.42. The number of H-pyrrole nitrogens is 3. The molecule has 7 nitrogen and oxygen atoms in total. The largest absolute Gasteiger partial charge is 0.323 e. The van der Waals surface area contributed by atoms with Gasteiger partial charge in [0.05, 0.1) is 11.1 Å². The number of nitrogens with zero attached hydrogens (tertiary/aromatic N) is 3. The number of imidazole rings is 1. The van der Waals surface area contributed by atoms with Gasteiger partial charge in [-0.05, 0) is 21.9 Å². The van der Waals surface area contributed by atoms with E-state index in [-0.39, 0.29) is 5.69 Å². The van der Waals surface area contributed by atoms with Crippen molar-refractivity contribution < 1.29 is 0 Å². The van der Waals surface area contributed by atoms with Gasteiger partial charge in [-0.1, -0.05) is 91.0 Å². The van der Waals surface area contributed by atoms with Crippen molar-refractivity contribution in [2.75, 3.05) is 0 Å². The second kappa shape index (κ2) is 7.29. The molecule has 0 atom stereocenters. The van der Waals surface area contributed by atoms with E-state index in [2.05, 4.69) is 67.0 Å². The second-order valence-corrected chi connectivity index (χ2v) is 6.91. The predicted molar refractivity (Wildman–Crippen MR) is 113 cm³/mol. The maximum atomic E-state index is 12.5. The fraction of sp³-hybridized carbons (Fsp3) is 0.0435. The van der Waals surface area contributed by atoms with Crippen molar-refractivity contribution in [1.82, 2.24) is 30.6 Å². The first-order chi connectivity index (χ1) is 14.8. The maximum Gasteiger partial charge on any atom is 0.323 e. The topological polar surface area (TPSA) is 103 Å². The Hall–Kier alpha value is -4.26. The number of nitrogens with one attached hydrogen (secondary N) is 3. The molecule has 0 saturated heterocycles. The molecule has 2 heterocycles. The lowest BCUT2D eigenvalue weighted by molar-refractivity contribution is 0.719. The van der Waals surface area contributed by atoms with Crippen molar-refractivity contribution in [1.29, 1.82) is 0 Å². The highest BCUT2D eigenvalue weighted by atomic mass is 16.1. The molecule has 0 amide bonds. The van der Waals surface area contributed by atoms with Crippen LogP contribution in [-0.4, -0.2) is 30.6 Å². The Bertz CT molecular complexity index is 1200. The molecule has 3 aromatic carbocycles. The Balaban J connectivity index is 1.95. The molecule has 30 heavy (non-hydrogen) atoms. The average molecular weight is 394 g/mol. The predicted octanol–water partition coefficient (Wildman–Crippen LogP) is 3.27. The molecule has 0 fully saturated rings. The van der Waals surface area contributed by atoms with Crippen LogP contribution >= 0.6 is 0 Å². The van der Waals surface area contributed by atoms with Crippen LogP contribution in [0.5, 0.6) is 0 Å². The van der Waals surface area contributed by atoms with E-state index in [1.54, 1.807) is 0 Å². The van der Waals surface area contributed by atoms with E-state index in [4.69, 9.17) is 0 Å². The molecule has 0 aliphatic carbocycles. The van der Waals surface area contributed by atoms with Crippen LogP contribution in [0.4, 0.5) is 0 Å². The van der Waals surface area contributed by atoms with Gasteiger partial charge in [0.15, 0.2) is 0 Å². The van der Waals surface area contributed by atoms with E-state index in [0.717, 1.165) is 16.7 Å². The zero-order valence-corrected chi connectivity index (χ0v) is 15.9. The summed E-state index contributed by atoms with van der Waals surface area (Å²) in [5.41, 5.74) is 3.01. The van der Waals surface area contributed by atoms with Gasteiger partial charge in [0.2, 0.25) is 5.82 Å². The summed E-state index contributed by atoms with van der Waals surface area (Å²) >= 11 is 0. The first kappa shape index (κ1) is 17.8. The molecule has 5 aromatic rings. The van der Waals surface area contributed by atoms with Gasteiger partial charge in [-0.15, -0.1) is 10.2 Å². The van der Waals surface area contributed by atoms with E-state index < -0.39 is 5.41 Å². The molecule has 0 radical (unpaired) electrons. The first-order valence-corrected chi connectivity index (χ1v) is 9.53. The van der Waals surface area contributed by atoms with Crippen molar-refractivity contribution in [3.8, 4) is 11.5 Å². The standard InChI is InChI=1S/C23H18N6O/c30-22-24-19(21-26-28-29-27-21)20(25-22)23(16-10-4-1-5-11-16,17-12-6-2-7-13-17)18-14-8-3-9-15-18/h1-15H,(H2,24,25,30)(H,26,27,28,29). The summed E-state index contributed by atoms with van der Waals surface area (Å²) in [5.74, 6) is 0.315. The third-order valence-corrected chi connectivity index (χ3v) is 5.29. The minimum atomic E-state index is -0.807. The molecule has 0 aliphatic rings. The molecule has 0 saturated carbocycles. The third-order valence-electron chi connectivity index (χ3n) is 5.29. The van der Waals surface area contributed by atoms with Crippen LogP contribution in [0.25, 0.3) is 11.5 Å². The van der Waals surface area contributed by atoms with E-state index in [1.807, 2.05) is 54.6 Å². The highest BCUT2D eigenvalue weighted by Crippen LogP contribution is 2.46. The summed E-state index contributed by atoms with van der Waals surface area (Å²) in [6, 6.07) is 30.3. The Morgan fingerprint density at radius 1 is 0.667 bits per heavy atom. The molecule has 3 N–H and O–H groups in total. The van der Waals surface area contributed by atoms with Crippen molar-refractivity contribution >= 4 is 0 Å². The van der Waals surface area contributed by atoms with E-state index in [1.165, 1.54) is 0 Å². The zero-order valence-electron chi connectivity index (χ0n) is 15.9. The quantitative estimate of drug-likeness (QED) is 0.398. The summed E-state index contributed by atoms with van der Waals surface area (Å²) in [7, 11) is 0. The van der Waals surface area contributed by atoms with Crippen LogP contribution in [0.1, 0.15) is 22.4 Å². The summed E-state index contributed by atoms with van der Waals surface area (Å²) < 4.78 is 0. The van der Waals surface area contributed by atoms with Gasteiger partial charge in [-0.25, -0.2) is 4.79 Å². The van der Waals surface area contributed by atoms with E-state index >= 15 is 0 Å². The van der Waals surface area contributed by atoms with Gasteiger partial charge in [0.25, 0.3) is 0 Å². The molecule has 2 aromatic heterocycles. The number of hydrogen-bond donors (Lipinski definition) is 3. The summed E-state index contributed by atoms with van der Waals surface area (Å²) in [4.78, 5) is 18.5. The van der Waals surface area contributed by atoms with Crippen molar-refractivity contribution in [3.63, 3.8) is 0 Å². The lowest BCUT2D eigenvalue weighted by atomic mass is 9.66. The van der Waals surface area contributed by atoms with Gasteiger partial charge in [0, 0.05) is 0 Å². The van der Waals surface area contributed by atoms with Gasteiger partial charge >= 0.3 is 5.69 Å². The summed E-state index contributed by atoms with van der Waals surface area (Å²) in [5, 5.41) is 14.4. The van der Waals surface area contributed by atoms with Crippen molar-refractivity contribution in [2.45, 2.75) is 5.41 Å². The second-order valence-electron chi connectivity index (χ2n) is 6.91. The minimum absolute atomic E-state index is 0.315. The minimum Gasteiger partial charge on any atom is -0.308 e. The molecule has 0 unspecified atom stereocenters. The molecule has 146 valence electrons. The zero-order chi connectivity index (χ0) is 20.4. The Labute approximate surface area is 171 Å². The average Bonchev–Trinajstić information content (AvgIpc) is 3.47. The smallest absolute Gasteiger partial charge is 0.308 e. The number of aromatic nitrogens is 6. The lowest BCUT2D eigenvalue weighted by Crippen LogP contribution is -2.32. The van der Waals surface area contributed by atoms with Crippen LogP contribution in [0.2, 0.25) is 0 Å². The van der Waals surface area contributed by atoms with Crippen molar-refractivity contribution in [2.24, 2.45) is 0 Å². The van der Waals surface area contributed by atoms with Crippen LogP contribution in [0.15, 0.2) is 95.8 Å². The summed E-state index contributed by atoms with van der Waals surface area (Å²) in [6.45, 7) is 0. The van der Waals surface area contributed by atoms with E-state index in [0.29, 0.717) is 17.2 Å². The van der Waals surface area contributed by atoms with Crippen LogP contribution in [-0.2, 0) is 5.41 Å². The summed E-state index contributed by atoms with van der Waals surface area (Å²) in [6.07, 6.45) is 0. The lowest BCUT2D eigenvalue weighted by Gasteiger charge is -2.35. The number of aromatic amines is 3. The number of hydrogen-bond acceptors (Lipinski definition) is 4. The molecule has 5 rings (SSSR count). The Morgan fingerprint density at radius 2 is 1.17 bits per heavy atom.